The first-order valence-corrected chi connectivity index (χ1v) is 5.65. The van der Waals surface area contributed by atoms with Crippen molar-refractivity contribution < 1.29 is 33.8 Å². The molecule has 108 valence electrons. The van der Waals surface area contributed by atoms with Crippen LogP contribution in [0, 0.1) is 0 Å². The van der Waals surface area contributed by atoms with Crippen LogP contribution in [-0.4, -0.2) is 48.2 Å². The quantitative estimate of drug-likeness (QED) is 0.378. The Kier molecular flexibility index (Phi) is 7.90. The van der Waals surface area contributed by atoms with E-state index in [1.165, 1.54) is 13.8 Å². The number of ether oxygens (including phenoxy) is 2. The van der Waals surface area contributed by atoms with Crippen LogP contribution in [0.5, 0.6) is 0 Å². The Balaban J connectivity index is 0.000000678. The van der Waals surface area contributed by atoms with Gasteiger partial charge >= 0.3 is 17.9 Å². The van der Waals surface area contributed by atoms with Crippen LogP contribution in [0.15, 0.2) is 0 Å². The fourth-order valence-corrected chi connectivity index (χ4v) is 0.847. The summed E-state index contributed by atoms with van der Waals surface area (Å²) in [6, 6.07) is 0. The molecule has 0 saturated carbocycles. The van der Waals surface area contributed by atoms with E-state index in [0.29, 0.717) is 6.54 Å². The first kappa shape index (κ1) is 16.9. The Hall–Kier alpha value is -2.12. The maximum atomic E-state index is 11.1. The van der Waals surface area contributed by atoms with Gasteiger partial charge in [-0.25, -0.2) is 4.79 Å². The number of amides is 1. The molecule has 19 heavy (non-hydrogen) atoms. The molecule has 8 nitrogen and oxygen atoms in total. The van der Waals surface area contributed by atoms with Crippen molar-refractivity contribution in [2.24, 2.45) is 0 Å². The third-order valence-corrected chi connectivity index (χ3v) is 1.78. The lowest BCUT2D eigenvalue weighted by Crippen LogP contribution is -2.25. The number of hydrogen-bond acceptors (Lipinski definition) is 6. The highest BCUT2D eigenvalue weighted by Crippen LogP contribution is 1.97. The molecule has 0 aromatic heterocycles. The molecule has 1 saturated heterocycles. The fraction of sp³-hybridized carbons (Fsp3) is 0.636. The minimum absolute atomic E-state index is 0.0107. The van der Waals surface area contributed by atoms with E-state index in [4.69, 9.17) is 5.11 Å². The number of carbonyl (C=O) groups excluding carboxylic acids is 3. The van der Waals surface area contributed by atoms with E-state index in [-0.39, 0.29) is 25.4 Å². The Morgan fingerprint density at radius 2 is 1.95 bits per heavy atom. The number of carbonyl (C=O) groups is 4. The molecule has 0 aromatic carbocycles. The van der Waals surface area contributed by atoms with Crippen molar-refractivity contribution in [3.63, 3.8) is 0 Å². The zero-order chi connectivity index (χ0) is 14.8. The van der Waals surface area contributed by atoms with Crippen LogP contribution >= 0.6 is 0 Å². The van der Waals surface area contributed by atoms with E-state index in [0.717, 1.165) is 0 Å². The molecule has 0 spiro atoms. The zero-order valence-electron chi connectivity index (χ0n) is 10.8. The molecule has 2 N–H and O–H groups in total. The summed E-state index contributed by atoms with van der Waals surface area (Å²) in [7, 11) is 0. The van der Waals surface area contributed by atoms with Gasteiger partial charge in [0.2, 0.25) is 5.91 Å². The Labute approximate surface area is 110 Å². The molecule has 1 unspecified atom stereocenters. The van der Waals surface area contributed by atoms with Crippen molar-refractivity contribution in [3.8, 4) is 0 Å². The van der Waals surface area contributed by atoms with Crippen molar-refractivity contribution >= 4 is 23.8 Å². The van der Waals surface area contributed by atoms with Crippen molar-refractivity contribution in [3.05, 3.63) is 0 Å². The van der Waals surface area contributed by atoms with Gasteiger partial charge < -0.3 is 19.9 Å². The van der Waals surface area contributed by atoms with Gasteiger partial charge in [0.05, 0.1) is 13.2 Å². The van der Waals surface area contributed by atoms with Crippen LogP contribution in [0.1, 0.15) is 26.7 Å². The number of aliphatic carboxylic acids is 1. The smallest absolute Gasteiger partial charge is 0.347 e. The maximum Gasteiger partial charge on any atom is 0.347 e. The minimum atomic E-state index is -0.952. The Bertz CT molecular complexity index is 347. The summed E-state index contributed by atoms with van der Waals surface area (Å²) in [4.78, 5) is 41.1. The molecule has 8 heteroatoms. The molecular formula is C11H17NO7. The Morgan fingerprint density at radius 3 is 2.32 bits per heavy atom. The number of carboxylic acid groups (broad SMARTS) is 1. The highest BCUT2D eigenvalue weighted by molar-refractivity contribution is 5.91. The van der Waals surface area contributed by atoms with Crippen molar-refractivity contribution in [2.75, 3.05) is 13.2 Å². The minimum Gasteiger partial charge on any atom is -0.481 e. The lowest BCUT2D eigenvalue weighted by atomic mass is 10.3. The van der Waals surface area contributed by atoms with E-state index >= 15 is 0 Å². The van der Waals surface area contributed by atoms with Gasteiger partial charge in [0, 0.05) is 13.3 Å². The number of carboxylic acids is 1. The highest BCUT2D eigenvalue weighted by atomic mass is 16.6. The van der Waals surface area contributed by atoms with Crippen LogP contribution < -0.4 is 5.32 Å². The maximum absolute atomic E-state index is 11.1. The summed E-state index contributed by atoms with van der Waals surface area (Å²) < 4.78 is 9.24. The Morgan fingerprint density at radius 1 is 1.42 bits per heavy atom. The summed E-state index contributed by atoms with van der Waals surface area (Å²) in [5.41, 5.74) is 0. The largest absolute Gasteiger partial charge is 0.481 e. The van der Waals surface area contributed by atoms with Crippen LogP contribution in [0.4, 0.5) is 0 Å². The molecule has 1 aliphatic heterocycles. The zero-order valence-corrected chi connectivity index (χ0v) is 10.8. The van der Waals surface area contributed by atoms with Gasteiger partial charge in [0.25, 0.3) is 0 Å². The molecule has 1 fully saturated rings. The molecule has 0 radical (unpaired) electrons. The molecule has 0 aromatic rings. The predicted octanol–water partition coefficient (Wildman–Crippen LogP) is -0.538. The first-order chi connectivity index (χ1) is 8.82. The second kappa shape index (κ2) is 8.90. The molecule has 1 heterocycles. The summed E-state index contributed by atoms with van der Waals surface area (Å²) in [6.07, 6.45) is -0.768. The average molecular weight is 275 g/mol. The predicted molar refractivity (Wildman–Crippen MR) is 62.1 cm³/mol. The van der Waals surface area contributed by atoms with Gasteiger partial charge in [-0.3, -0.25) is 14.4 Å². The number of hydrogen-bond donors (Lipinski definition) is 2. The second-order valence-electron chi connectivity index (χ2n) is 3.69. The van der Waals surface area contributed by atoms with E-state index in [1.807, 2.05) is 0 Å². The van der Waals surface area contributed by atoms with Crippen molar-refractivity contribution in [1.82, 2.24) is 5.32 Å². The third-order valence-electron chi connectivity index (χ3n) is 1.78. The molecule has 0 bridgehead atoms. The van der Waals surface area contributed by atoms with Gasteiger partial charge in [-0.1, -0.05) is 0 Å². The van der Waals surface area contributed by atoms with Crippen LogP contribution in [0.25, 0.3) is 0 Å². The summed E-state index contributed by atoms with van der Waals surface area (Å²) >= 11 is 0. The summed E-state index contributed by atoms with van der Waals surface area (Å²) in [6.45, 7) is 3.19. The van der Waals surface area contributed by atoms with Gasteiger partial charge in [0.1, 0.15) is 0 Å². The topological polar surface area (TPSA) is 129 Å². The number of nitrogens with one attached hydrogen (secondary N) is 1. The van der Waals surface area contributed by atoms with Gasteiger partial charge in [-0.15, -0.1) is 0 Å². The molecular weight excluding hydrogens is 258 g/mol. The van der Waals surface area contributed by atoms with Gasteiger partial charge in [-0.05, 0) is 13.3 Å². The standard InChI is InChI=1S/C9H14O6.C2H3NO/c1-6(15-7(2)10)9(13)14-5-3-4-8(11)12;4-2-1-3-2/h6H,3-5H2,1-2H3,(H,11,12);1H2,(H,3,4). The molecule has 0 aliphatic carbocycles. The third kappa shape index (κ3) is 12.1. The van der Waals surface area contributed by atoms with Crippen LogP contribution in [0.2, 0.25) is 0 Å². The number of rotatable bonds is 6. The van der Waals surface area contributed by atoms with Crippen LogP contribution in [-0.2, 0) is 28.7 Å². The SMILES string of the molecule is CC(=O)OC(C)C(=O)OCCCC(=O)O.O=C1CN1. The number of esters is 2. The van der Waals surface area contributed by atoms with Gasteiger partial charge in [0.15, 0.2) is 6.10 Å². The first-order valence-electron chi connectivity index (χ1n) is 5.65. The molecule has 1 rings (SSSR count). The summed E-state index contributed by atoms with van der Waals surface area (Å²) in [5.74, 6) is -2.01. The van der Waals surface area contributed by atoms with E-state index in [9.17, 15) is 19.2 Å². The molecule has 1 aliphatic rings. The van der Waals surface area contributed by atoms with Gasteiger partial charge in [-0.2, -0.15) is 0 Å². The lowest BCUT2D eigenvalue weighted by Gasteiger charge is -2.10. The van der Waals surface area contributed by atoms with E-state index in [2.05, 4.69) is 14.8 Å². The van der Waals surface area contributed by atoms with Crippen molar-refractivity contribution in [1.29, 1.82) is 0 Å². The van der Waals surface area contributed by atoms with E-state index < -0.39 is 24.0 Å². The molecule has 1 atom stereocenters. The fourth-order valence-electron chi connectivity index (χ4n) is 0.847. The highest BCUT2D eigenvalue weighted by Gasteiger charge is 2.16. The van der Waals surface area contributed by atoms with E-state index in [1.54, 1.807) is 0 Å². The van der Waals surface area contributed by atoms with Crippen molar-refractivity contribution in [2.45, 2.75) is 32.8 Å². The normalized spacial score (nSPS) is 13.3. The monoisotopic (exact) mass is 275 g/mol. The average Bonchev–Trinajstić information content (AvgIpc) is 3.06. The molecule has 1 amide bonds. The second-order valence-corrected chi connectivity index (χ2v) is 3.69. The van der Waals surface area contributed by atoms with Crippen LogP contribution in [0.3, 0.4) is 0 Å². The summed E-state index contributed by atoms with van der Waals surface area (Å²) in [5, 5.41) is 10.8. The lowest BCUT2D eigenvalue weighted by molar-refractivity contribution is -0.165.